The molecule has 1 aromatic heterocycles. The molecule has 2 heterocycles. The SMILES string of the molecule is CCc1ccc(N2C(=O)C(=O)/C(=C(/O)c3ccc(OC)c(C)c3)C2c2c(C)[nH]c3ccccc23)cc1. The average molecular weight is 481 g/mol. The quantitative estimate of drug-likeness (QED) is 0.209. The van der Waals surface area contributed by atoms with Crippen LogP contribution >= 0.6 is 0 Å². The van der Waals surface area contributed by atoms with Crippen molar-refractivity contribution in [2.24, 2.45) is 0 Å². The number of benzene rings is 3. The summed E-state index contributed by atoms with van der Waals surface area (Å²) in [6, 6.07) is 19.8. The van der Waals surface area contributed by atoms with Crippen LogP contribution in [0.5, 0.6) is 5.75 Å². The molecule has 0 radical (unpaired) electrons. The van der Waals surface area contributed by atoms with E-state index < -0.39 is 17.7 Å². The molecule has 1 aliphatic rings. The highest BCUT2D eigenvalue weighted by Crippen LogP contribution is 2.45. The number of aliphatic hydroxyl groups is 1. The van der Waals surface area contributed by atoms with Crippen molar-refractivity contribution in [2.75, 3.05) is 12.0 Å². The lowest BCUT2D eigenvalue weighted by Crippen LogP contribution is -2.29. The number of fused-ring (bicyclic) bond motifs is 1. The second kappa shape index (κ2) is 9.04. The number of hydrogen-bond acceptors (Lipinski definition) is 4. The lowest BCUT2D eigenvalue weighted by atomic mass is 9.92. The third kappa shape index (κ3) is 3.66. The first-order chi connectivity index (χ1) is 17.3. The normalized spacial score (nSPS) is 17.2. The highest BCUT2D eigenvalue weighted by Gasteiger charge is 2.48. The van der Waals surface area contributed by atoms with Crippen molar-refractivity contribution in [3.05, 3.63) is 100 Å². The van der Waals surface area contributed by atoms with Crippen molar-refractivity contribution < 1.29 is 19.4 Å². The molecule has 36 heavy (non-hydrogen) atoms. The van der Waals surface area contributed by atoms with E-state index in [2.05, 4.69) is 11.9 Å². The maximum Gasteiger partial charge on any atom is 0.300 e. The van der Waals surface area contributed by atoms with Gasteiger partial charge in [-0.05, 0) is 67.8 Å². The van der Waals surface area contributed by atoms with Gasteiger partial charge in [0.05, 0.1) is 18.7 Å². The predicted octanol–water partition coefficient (Wildman–Crippen LogP) is 5.98. The van der Waals surface area contributed by atoms with Gasteiger partial charge < -0.3 is 14.8 Å². The van der Waals surface area contributed by atoms with Crippen LogP contribution in [-0.4, -0.2) is 28.9 Å². The van der Waals surface area contributed by atoms with Crippen LogP contribution in [0.2, 0.25) is 0 Å². The molecular weight excluding hydrogens is 452 g/mol. The predicted molar refractivity (Wildman–Crippen MR) is 141 cm³/mol. The lowest BCUT2D eigenvalue weighted by Gasteiger charge is -2.26. The van der Waals surface area contributed by atoms with Gasteiger partial charge in [-0.2, -0.15) is 0 Å². The monoisotopic (exact) mass is 480 g/mol. The van der Waals surface area contributed by atoms with E-state index in [1.165, 1.54) is 4.90 Å². The van der Waals surface area contributed by atoms with Crippen LogP contribution < -0.4 is 9.64 Å². The number of carbonyl (C=O) groups is 2. The molecule has 5 rings (SSSR count). The minimum absolute atomic E-state index is 0.0667. The van der Waals surface area contributed by atoms with Gasteiger partial charge in [0.25, 0.3) is 11.7 Å². The van der Waals surface area contributed by atoms with Crippen LogP contribution in [0.15, 0.2) is 72.3 Å². The topological polar surface area (TPSA) is 82.6 Å². The first-order valence-electron chi connectivity index (χ1n) is 12.0. The lowest BCUT2D eigenvalue weighted by molar-refractivity contribution is -0.132. The Hall–Kier alpha value is -4.32. The minimum atomic E-state index is -0.795. The van der Waals surface area contributed by atoms with E-state index in [0.717, 1.165) is 39.7 Å². The van der Waals surface area contributed by atoms with E-state index >= 15 is 0 Å². The summed E-state index contributed by atoms with van der Waals surface area (Å²) in [5, 5.41) is 12.4. The Morgan fingerprint density at radius 1 is 1.03 bits per heavy atom. The Kier molecular flexibility index (Phi) is 5.88. The fourth-order valence-corrected chi connectivity index (χ4v) is 5.10. The molecular formula is C30H28N2O4. The smallest absolute Gasteiger partial charge is 0.300 e. The van der Waals surface area contributed by atoms with E-state index in [0.29, 0.717) is 17.0 Å². The maximum absolute atomic E-state index is 13.5. The molecule has 182 valence electrons. The summed E-state index contributed by atoms with van der Waals surface area (Å²) in [5.74, 6) is -0.913. The van der Waals surface area contributed by atoms with Crippen molar-refractivity contribution in [3.63, 3.8) is 0 Å². The molecule has 1 aliphatic heterocycles. The fraction of sp³-hybridized carbons (Fsp3) is 0.200. The highest BCUT2D eigenvalue weighted by molar-refractivity contribution is 6.52. The van der Waals surface area contributed by atoms with E-state index in [1.807, 2.05) is 62.4 Å². The average Bonchev–Trinajstić information content (AvgIpc) is 3.35. The molecule has 0 bridgehead atoms. The summed E-state index contributed by atoms with van der Waals surface area (Å²) in [4.78, 5) is 32.0. The van der Waals surface area contributed by atoms with E-state index in [-0.39, 0.29) is 11.3 Å². The number of nitrogens with zero attached hydrogens (tertiary/aromatic N) is 1. The second-order valence-corrected chi connectivity index (χ2v) is 9.08. The van der Waals surface area contributed by atoms with Gasteiger partial charge in [0, 0.05) is 33.4 Å². The molecule has 1 atom stereocenters. The first-order valence-corrected chi connectivity index (χ1v) is 12.0. The number of ether oxygens (including phenoxy) is 1. The Balaban J connectivity index is 1.78. The molecule has 0 spiro atoms. The number of Topliss-reactive ketones (excluding diaryl/α,β-unsaturated/α-hetero) is 1. The Labute approximate surface area is 209 Å². The highest BCUT2D eigenvalue weighted by atomic mass is 16.5. The summed E-state index contributed by atoms with van der Waals surface area (Å²) < 4.78 is 5.35. The van der Waals surface area contributed by atoms with Crippen LogP contribution in [0.25, 0.3) is 16.7 Å². The van der Waals surface area contributed by atoms with Crippen LogP contribution in [0.4, 0.5) is 5.69 Å². The zero-order valence-electron chi connectivity index (χ0n) is 20.8. The molecule has 3 aromatic carbocycles. The number of aryl methyl sites for hydroxylation is 3. The molecule has 1 amide bonds. The van der Waals surface area contributed by atoms with Gasteiger partial charge in [0.15, 0.2) is 0 Å². The number of ketones is 1. The molecule has 2 N–H and O–H groups in total. The molecule has 1 fully saturated rings. The molecule has 0 saturated carbocycles. The van der Waals surface area contributed by atoms with Gasteiger partial charge >= 0.3 is 0 Å². The Morgan fingerprint density at radius 2 is 1.75 bits per heavy atom. The van der Waals surface area contributed by atoms with Crippen molar-refractivity contribution in [2.45, 2.75) is 33.2 Å². The van der Waals surface area contributed by atoms with Gasteiger partial charge in [-0.3, -0.25) is 14.5 Å². The van der Waals surface area contributed by atoms with Crippen molar-refractivity contribution in [1.82, 2.24) is 4.98 Å². The largest absolute Gasteiger partial charge is 0.507 e. The van der Waals surface area contributed by atoms with E-state index in [9.17, 15) is 14.7 Å². The van der Waals surface area contributed by atoms with Gasteiger partial charge in [-0.25, -0.2) is 0 Å². The Bertz CT molecular complexity index is 1530. The standard InChI is InChI=1S/C30H28N2O4/c1-5-19-10-13-21(14-11-19)32-27(25-18(3)31-23-9-7-6-8-22(23)25)26(29(34)30(32)35)28(33)20-12-15-24(36-4)17(2)16-20/h6-16,27,31,33H,5H2,1-4H3/b28-26+. The number of aromatic amines is 1. The van der Waals surface area contributed by atoms with Gasteiger partial charge in [0.1, 0.15) is 11.5 Å². The zero-order valence-corrected chi connectivity index (χ0v) is 20.8. The van der Waals surface area contributed by atoms with Crippen molar-refractivity contribution in [3.8, 4) is 5.75 Å². The maximum atomic E-state index is 13.5. The van der Waals surface area contributed by atoms with Gasteiger partial charge in [-0.1, -0.05) is 37.3 Å². The number of methoxy groups -OCH3 is 1. The second-order valence-electron chi connectivity index (χ2n) is 9.08. The molecule has 1 saturated heterocycles. The number of aromatic nitrogens is 1. The van der Waals surface area contributed by atoms with Crippen LogP contribution in [0, 0.1) is 13.8 Å². The van der Waals surface area contributed by atoms with E-state index in [1.54, 1.807) is 25.3 Å². The summed E-state index contributed by atoms with van der Waals surface area (Å²) in [5.41, 5.74) is 5.58. The number of carbonyl (C=O) groups excluding carboxylic acids is 2. The number of amides is 1. The fourth-order valence-electron chi connectivity index (χ4n) is 5.10. The molecule has 6 nitrogen and oxygen atoms in total. The number of para-hydroxylation sites is 1. The van der Waals surface area contributed by atoms with Crippen LogP contribution in [-0.2, 0) is 16.0 Å². The molecule has 0 aliphatic carbocycles. The van der Waals surface area contributed by atoms with Gasteiger partial charge in [-0.15, -0.1) is 0 Å². The number of anilines is 1. The number of H-pyrrole nitrogens is 1. The zero-order chi connectivity index (χ0) is 25.6. The number of nitrogens with one attached hydrogen (secondary N) is 1. The molecule has 1 unspecified atom stereocenters. The first kappa shape index (κ1) is 23.4. The van der Waals surface area contributed by atoms with Gasteiger partial charge in [0.2, 0.25) is 0 Å². The Morgan fingerprint density at radius 3 is 2.42 bits per heavy atom. The number of aliphatic hydroxyl groups excluding tert-OH is 1. The number of hydrogen-bond donors (Lipinski definition) is 2. The minimum Gasteiger partial charge on any atom is -0.507 e. The number of rotatable bonds is 5. The van der Waals surface area contributed by atoms with Crippen molar-refractivity contribution in [1.29, 1.82) is 0 Å². The summed E-state index contributed by atoms with van der Waals surface area (Å²) in [7, 11) is 1.58. The molecule has 6 heteroatoms. The third-order valence-electron chi connectivity index (χ3n) is 6.95. The van der Waals surface area contributed by atoms with Crippen LogP contribution in [0.3, 0.4) is 0 Å². The molecule has 4 aromatic rings. The third-order valence-corrected chi connectivity index (χ3v) is 6.95. The summed E-state index contributed by atoms with van der Waals surface area (Å²) in [6.45, 7) is 5.85. The summed E-state index contributed by atoms with van der Waals surface area (Å²) >= 11 is 0. The summed E-state index contributed by atoms with van der Waals surface area (Å²) in [6.07, 6.45) is 0.862. The van der Waals surface area contributed by atoms with Crippen LogP contribution in [0.1, 0.15) is 40.9 Å². The van der Waals surface area contributed by atoms with Crippen molar-refractivity contribution >= 4 is 34.0 Å². The van der Waals surface area contributed by atoms with E-state index in [4.69, 9.17) is 4.74 Å².